The third-order valence-corrected chi connectivity index (χ3v) is 2.20. The summed E-state index contributed by atoms with van der Waals surface area (Å²) in [6, 6.07) is 0. The Kier molecular flexibility index (Phi) is 6.24. The maximum atomic E-state index is 3.67. The molecule has 0 radical (unpaired) electrons. The molecule has 0 amide bonds. The summed E-state index contributed by atoms with van der Waals surface area (Å²) in [6.45, 7) is 7.88. The van der Waals surface area contributed by atoms with Crippen molar-refractivity contribution in [2.24, 2.45) is 5.92 Å². The fourth-order valence-electron chi connectivity index (χ4n) is 0.882. The zero-order chi connectivity index (χ0) is 8.69. The highest BCUT2D eigenvalue weighted by Crippen LogP contribution is 2.14. The smallest absolute Gasteiger partial charge is 0.0250 e. The van der Waals surface area contributed by atoms with Crippen LogP contribution in [-0.4, -0.2) is 5.33 Å². The van der Waals surface area contributed by atoms with Crippen molar-refractivity contribution in [3.63, 3.8) is 0 Å². The van der Waals surface area contributed by atoms with Crippen LogP contribution in [0.3, 0.4) is 0 Å². The van der Waals surface area contributed by atoms with Gasteiger partial charge in [0.2, 0.25) is 0 Å². The van der Waals surface area contributed by atoms with Gasteiger partial charge in [-0.15, -0.1) is 0 Å². The summed E-state index contributed by atoms with van der Waals surface area (Å²) >= 11 is 3.44. The largest absolute Gasteiger partial charge is 0.0991 e. The third-order valence-electron chi connectivity index (χ3n) is 1.55. The lowest BCUT2D eigenvalue weighted by molar-refractivity contribution is 0.867. The second-order valence-corrected chi connectivity index (χ2v) is 2.99. The predicted molar refractivity (Wildman–Crippen MR) is 56.1 cm³/mol. The van der Waals surface area contributed by atoms with Gasteiger partial charge in [0.15, 0.2) is 0 Å². The van der Waals surface area contributed by atoms with Crippen LogP contribution in [0.2, 0.25) is 0 Å². The first-order valence-electron chi connectivity index (χ1n) is 3.76. The molecule has 0 rings (SSSR count). The van der Waals surface area contributed by atoms with E-state index in [0.717, 1.165) is 5.33 Å². The van der Waals surface area contributed by atoms with E-state index in [4.69, 9.17) is 0 Å². The Labute approximate surface area is 77.8 Å². The maximum Gasteiger partial charge on any atom is 0.0250 e. The van der Waals surface area contributed by atoms with Gasteiger partial charge in [-0.05, 0) is 12.8 Å². The molecule has 0 fully saturated rings. The minimum absolute atomic E-state index is 0.511. The molecule has 0 N–H and O–H groups in total. The van der Waals surface area contributed by atoms with Crippen molar-refractivity contribution in [3.05, 3.63) is 36.5 Å². The normalized spacial score (nSPS) is 15.4. The van der Waals surface area contributed by atoms with Crippen molar-refractivity contribution in [2.75, 3.05) is 5.33 Å². The number of halogens is 1. The Morgan fingerprint density at radius 1 is 1.64 bits per heavy atom. The number of rotatable bonds is 4. The van der Waals surface area contributed by atoms with Crippen LogP contribution in [0.15, 0.2) is 36.5 Å². The zero-order valence-corrected chi connectivity index (χ0v) is 8.76. The quantitative estimate of drug-likeness (QED) is 0.381. The van der Waals surface area contributed by atoms with Crippen molar-refractivity contribution in [2.45, 2.75) is 13.8 Å². The Balaban J connectivity index is 4.24. The summed E-state index contributed by atoms with van der Waals surface area (Å²) in [7, 11) is 0. The predicted octanol–water partition coefficient (Wildman–Crippen LogP) is 3.71. The Morgan fingerprint density at radius 2 is 2.27 bits per heavy atom. The molecule has 1 atom stereocenters. The molecule has 0 aromatic rings. The highest BCUT2D eigenvalue weighted by molar-refractivity contribution is 9.09. The summed E-state index contributed by atoms with van der Waals surface area (Å²) in [6.07, 6.45) is 8.14. The molecule has 0 spiro atoms. The van der Waals surface area contributed by atoms with E-state index in [1.165, 1.54) is 5.57 Å². The van der Waals surface area contributed by atoms with E-state index < -0.39 is 0 Å². The molecule has 1 heteroatoms. The average molecular weight is 215 g/mol. The van der Waals surface area contributed by atoms with Gasteiger partial charge in [0.1, 0.15) is 0 Å². The zero-order valence-electron chi connectivity index (χ0n) is 7.18. The van der Waals surface area contributed by atoms with Crippen molar-refractivity contribution in [1.29, 1.82) is 0 Å². The summed E-state index contributed by atoms with van der Waals surface area (Å²) < 4.78 is 0. The fourth-order valence-corrected chi connectivity index (χ4v) is 1.58. The van der Waals surface area contributed by atoms with E-state index in [0.29, 0.717) is 5.92 Å². The molecule has 0 saturated heterocycles. The van der Waals surface area contributed by atoms with Crippen molar-refractivity contribution < 1.29 is 0 Å². The Morgan fingerprint density at radius 3 is 2.64 bits per heavy atom. The van der Waals surface area contributed by atoms with Crippen LogP contribution < -0.4 is 0 Å². The summed E-state index contributed by atoms with van der Waals surface area (Å²) in [4.78, 5) is 0. The molecule has 0 saturated carbocycles. The van der Waals surface area contributed by atoms with Gasteiger partial charge in [0.05, 0.1) is 0 Å². The van der Waals surface area contributed by atoms with Gasteiger partial charge in [0.25, 0.3) is 0 Å². The number of allylic oxidation sites excluding steroid dienone is 5. The molecular weight excluding hydrogens is 200 g/mol. The Bertz CT molecular complexity index is 166. The topological polar surface area (TPSA) is 0 Å². The van der Waals surface area contributed by atoms with E-state index in [1.54, 1.807) is 0 Å². The second kappa shape index (κ2) is 6.41. The summed E-state index contributed by atoms with van der Waals surface area (Å²) in [5.74, 6) is 0.511. The molecular formula is C10H15Br. The van der Waals surface area contributed by atoms with Gasteiger partial charge >= 0.3 is 0 Å². The standard InChI is InChI=1S/C10H15Br/c1-4-6-9(3)10(8-11)7-5-2/h4-7,9H,2,8H2,1,3H3/b6-4-,10-7-/t9-/m1/s1. The fraction of sp³-hybridized carbons (Fsp3) is 0.400. The highest BCUT2D eigenvalue weighted by Gasteiger charge is 2.00. The lowest BCUT2D eigenvalue weighted by Crippen LogP contribution is -1.96. The van der Waals surface area contributed by atoms with E-state index >= 15 is 0 Å². The first-order valence-corrected chi connectivity index (χ1v) is 4.88. The lowest BCUT2D eigenvalue weighted by atomic mass is 10.0. The van der Waals surface area contributed by atoms with Crippen LogP contribution in [0, 0.1) is 5.92 Å². The molecule has 0 aliphatic carbocycles. The molecule has 0 aromatic carbocycles. The third kappa shape index (κ3) is 4.20. The van der Waals surface area contributed by atoms with E-state index in [-0.39, 0.29) is 0 Å². The summed E-state index contributed by atoms with van der Waals surface area (Å²) in [5.41, 5.74) is 1.36. The van der Waals surface area contributed by atoms with Crippen LogP contribution in [0.5, 0.6) is 0 Å². The Hall–Kier alpha value is -0.300. The molecule has 0 aromatic heterocycles. The molecule has 0 heterocycles. The molecule has 0 bridgehead atoms. The molecule has 62 valence electrons. The van der Waals surface area contributed by atoms with Crippen molar-refractivity contribution in [1.82, 2.24) is 0 Å². The van der Waals surface area contributed by atoms with Crippen LogP contribution >= 0.6 is 15.9 Å². The first kappa shape index (κ1) is 10.7. The van der Waals surface area contributed by atoms with Crippen LogP contribution in [-0.2, 0) is 0 Å². The van der Waals surface area contributed by atoms with Gasteiger partial charge in [0, 0.05) is 5.33 Å². The molecule has 0 nitrogen and oxygen atoms in total. The van der Waals surface area contributed by atoms with Gasteiger partial charge in [-0.1, -0.05) is 59.3 Å². The van der Waals surface area contributed by atoms with Crippen LogP contribution in [0.1, 0.15) is 13.8 Å². The summed E-state index contributed by atoms with van der Waals surface area (Å²) in [5, 5.41) is 0.921. The minimum Gasteiger partial charge on any atom is -0.0991 e. The number of hydrogen-bond acceptors (Lipinski definition) is 0. The molecule has 11 heavy (non-hydrogen) atoms. The van der Waals surface area contributed by atoms with Crippen LogP contribution in [0.25, 0.3) is 0 Å². The van der Waals surface area contributed by atoms with E-state index in [1.807, 2.05) is 13.0 Å². The monoisotopic (exact) mass is 214 g/mol. The van der Waals surface area contributed by atoms with Crippen LogP contribution in [0.4, 0.5) is 0 Å². The van der Waals surface area contributed by atoms with E-state index in [2.05, 4.69) is 47.7 Å². The van der Waals surface area contributed by atoms with Crippen molar-refractivity contribution >= 4 is 15.9 Å². The minimum atomic E-state index is 0.511. The molecule has 0 aliphatic heterocycles. The SMILES string of the molecule is C=C/C=C(/CBr)[C@H](C)/C=C\C. The first-order chi connectivity index (χ1) is 5.26. The molecule has 0 unspecified atom stereocenters. The molecule has 0 aliphatic rings. The van der Waals surface area contributed by atoms with E-state index in [9.17, 15) is 0 Å². The van der Waals surface area contributed by atoms with Gasteiger partial charge in [-0.25, -0.2) is 0 Å². The van der Waals surface area contributed by atoms with Crippen molar-refractivity contribution in [3.8, 4) is 0 Å². The number of hydrogen-bond donors (Lipinski definition) is 0. The average Bonchev–Trinajstić information content (AvgIpc) is 2.00. The second-order valence-electron chi connectivity index (χ2n) is 2.43. The van der Waals surface area contributed by atoms with Gasteiger partial charge in [-0.3, -0.25) is 0 Å². The van der Waals surface area contributed by atoms with Gasteiger partial charge in [-0.2, -0.15) is 0 Å². The van der Waals surface area contributed by atoms with Gasteiger partial charge < -0.3 is 0 Å². The highest BCUT2D eigenvalue weighted by atomic mass is 79.9. The lowest BCUT2D eigenvalue weighted by Gasteiger charge is -2.07. The maximum absolute atomic E-state index is 3.67. The number of alkyl halides is 1.